The molecular weight excluding hydrogens is 224 g/mol. The fourth-order valence-electron chi connectivity index (χ4n) is 2.57. The van der Waals surface area contributed by atoms with Gasteiger partial charge < -0.3 is 11.1 Å². The molecule has 3 N–H and O–H groups in total. The topological polar surface area (TPSA) is 55.1 Å². The van der Waals surface area contributed by atoms with Crippen LogP contribution in [0.3, 0.4) is 0 Å². The van der Waals surface area contributed by atoms with Gasteiger partial charge in [0.25, 0.3) is 0 Å². The fraction of sp³-hybridized carbons (Fsp3) is 0.533. The van der Waals surface area contributed by atoms with Gasteiger partial charge in [0.15, 0.2) is 0 Å². The van der Waals surface area contributed by atoms with Gasteiger partial charge in [0.05, 0.1) is 6.04 Å². The van der Waals surface area contributed by atoms with E-state index in [-0.39, 0.29) is 18.0 Å². The van der Waals surface area contributed by atoms with E-state index in [0.717, 1.165) is 32.1 Å². The van der Waals surface area contributed by atoms with Crippen molar-refractivity contribution in [3.05, 3.63) is 35.4 Å². The van der Waals surface area contributed by atoms with Crippen LogP contribution in [0.1, 0.15) is 37.3 Å². The van der Waals surface area contributed by atoms with Crippen LogP contribution in [0.5, 0.6) is 0 Å². The van der Waals surface area contributed by atoms with E-state index in [1.165, 1.54) is 11.1 Å². The summed E-state index contributed by atoms with van der Waals surface area (Å²) in [4.78, 5) is 11.9. The second kappa shape index (κ2) is 6.01. The SMILES string of the molecule is CCC[C@H](N)C(=O)NC1CCc2ccccc2C1. The average Bonchev–Trinajstić information content (AvgIpc) is 2.39. The van der Waals surface area contributed by atoms with Crippen molar-refractivity contribution >= 4 is 5.91 Å². The predicted octanol–water partition coefficient (Wildman–Crippen LogP) is 1.79. The molecule has 0 spiro atoms. The maximum absolute atomic E-state index is 11.9. The highest BCUT2D eigenvalue weighted by Crippen LogP contribution is 2.21. The summed E-state index contributed by atoms with van der Waals surface area (Å²) in [5.74, 6) is 0.00114. The van der Waals surface area contributed by atoms with Crippen LogP contribution in [0, 0.1) is 0 Å². The zero-order valence-corrected chi connectivity index (χ0v) is 11.0. The smallest absolute Gasteiger partial charge is 0.237 e. The molecule has 1 unspecified atom stereocenters. The Kier molecular flexibility index (Phi) is 4.37. The lowest BCUT2D eigenvalue weighted by atomic mass is 9.88. The number of aryl methyl sites for hydroxylation is 1. The van der Waals surface area contributed by atoms with Crippen molar-refractivity contribution in [3.63, 3.8) is 0 Å². The van der Waals surface area contributed by atoms with Crippen LogP contribution >= 0.6 is 0 Å². The number of carbonyl (C=O) groups excluding carboxylic acids is 1. The number of hydrogen-bond donors (Lipinski definition) is 2. The van der Waals surface area contributed by atoms with E-state index in [0.29, 0.717) is 0 Å². The van der Waals surface area contributed by atoms with Crippen LogP contribution in [-0.2, 0) is 17.6 Å². The lowest BCUT2D eigenvalue weighted by molar-refractivity contribution is -0.123. The van der Waals surface area contributed by atoms with Gasteiger partial charge in [-0.05, 0) is 36.8 Å². The Balaban J connectivity index is 1.92. The van der Waals surface area contributed by atoms with Crippen LogP contribution in [-0.4, -0.2) is 18.0 Å². The molecule has 2 rings (SSSR count). The Morgan fingerprint density at radius 3 is 2.89 bits per heavy atom. The first-order valence-corrected chi connectivity index (χ1v) is 6.83. The molecule has 0 aliphatic heterocycles. The lowest BCUT2D eigenvalue weighted by Crippen LogP contribution is -2.47. The van der Waals surface area contributed by atoms with Crippen LogP contribution in [0.15, 0.2) is 24.3 Å². The van der Waals surface area contributed by atoms with Gasteiger partial charge in [-0.25, -0.2) is 0 Å². The van der Waals surface area contributed by atoms with Gasteiger partial charge in [0.2, 0.25) is 5.91 Å². The Hall–Kier alpha value is -1.35. The minimum atomic E-state index is -0.354. The van der Waals surface area contributed by atoms with E-state index >= 15 is 0 Å². The van der Waals surface area contributed by atoms with Crippen molar-refractivity contribution in [2.45, 2.75) is 51.1 Å². The first-order valence-electron chi connectivity index (χ1n) is 6.83. The van der Waals surface area contributed by atoms with Gasteiger partial charge in [-0.1, -0.05) is 37.6 Å². The lowest BCUT2D eigenvalue weighted by Gasteiger charge is -2.26. The number of fused-ring (bicyclic) bond motifs is 1. The van der Waals surface area contributed by atoms with Crippen molar-refractivity contribution in [2.24, 2.45) is 5.73 Å². The average molecular weight is 246 g/mol. The van der Waals surface area contributed by atoms with Gasteiger partial charge in [-0.15, -0.1) is 0 Å². The van der Waals surface area contributed by atoms with Crippen LogP contribution in [0.2, 0.25) is 0 Å². The second-order valence-corrected chi connectivity index (χ2v) is 5.11. The highest BCUT2D eigenvalue weighted by Gasteiger charge is 2.21. The molecule has 3 heteroatoms. The summed E-state index contributed by atoms with van der Waals surface area (Å²) < 4.78 is 0. The van der Waals surface area contributed by atoms with Crippen molar-refractivity contribution in [2.75, 3.05) is 0 Å². The van der Waals surface area contributed by atoms with Gasteiger partial charge >= 0.3 is 0 Å². The summed E-state index contributed by atoms with van der Waals surface area (Å²) in [5.41, 5.74) is 8.60. The summed E-state index contributed by atoms with van der Waals surface area (Å²) in [6, 6.07) is 8.36. The van der Waals surface area contributed by atoms with E-state index < -0.39 is 0 Å². The van der Waals surface area contributed by atoms with Crippen molar-refractivity contribution in [3.8, 4) is 0 Å². The summed E-state index contributed by atoms with van der Waals surface area (Å²) in [5, 5.41) is 3.08. The third-order valence-corrected chi connectivity index (χ3v) is 3.63. The zero-order chi connectivity index (χ0) is 13.0. The number of nitrogens with two attached hydrogens (primary N) is 1. The molecule has 0 saturated heterocycles. The third-order valence-electron chi connectivity index (χ3n) is 3.63. The standard InChI is InChI=1S/C15H22N2O/c1-2-5-14(16)15(18)17-13-9-8-11-6-3-4-7-12(11)10-13/h3-4,6-7,13-14H,2,5,8-10,16H2,1H3,(H,17,18)/t13?,14-/m0/s1. The van der Waals surface area contributed by atoms with Gasteiger partial charge in [-0.3, -0.25) is 4.79 Å². The number of amides is 1. The molecule has 98 valence electrons. The highest BCUT2D eigenvalue weighted by molar-refractivity contribution is 5.81. The van der Waals surface area contributed by atoms with E-state index in [2.05, 4.69) is 29.6 Å². The first kappa shape index (κ1) is 13.1. The third kappa shape index (κ3) is 3.10. The van der Waals surface area contributed by atoms with Gasteiger partial charge in [0.1, 0.15) is 0 Å². The maximum Gasteiger partial charge on any atom is 0.237 e. The van der Waals surface area contributed by atoms with Crippen LogP contribution < -0.4 is 11.1 Å². The molecule has 2 atom stereocenters. The molecule has 0 radical (unpaired) electrons. The Bertz CT molecular complexity index is 417. The molecule has 1 aromatic rings. The number of hydrogen-bond acceptors (Lipinski definition) is 2. The monoisotopic (exact) mass is 246 g/mol. The summed E-state index contributed by atoms with van der Waals surface area (Å²) >= 11 is 0. The number of carbonyl (C=O) groups is 1. The largest absolute Gasteiger partial charge is 0.352 e. The van der Waals surface area contributed by atoms with Gasteiger partial charge in [0, 0.05) is 6.04 Å². The molecule has 1 amide bonds. The van der Waals surface area contributed by atoms with E-state index in [9.17, 15) is 4.79 Å². The number of benzene rings is 1. The second-order valence-electron chi connectivity index (χ2n) is 5.11. The highest BCUT2D eigenvalue weighted by atomic mass is 16.2. The molecular formula is C15H22N2O. The molecule has 0 fully saturated rings. The predicted molar refractivity (Wildman–Crippen MR) is 73.3 cm³/mol. The van der Waals surface area contributed by atoms with E-state index in [1.54, 1.807) is 0 Å². The molecule has 0 heterocycles. The molecule has 0 aromatic heterocycles. The Morgan fingerprint density at radius 1 is 1.44 bits per heavy atom. The van der Waals surface area contributed by atoms with Crippen molar-refractivity contribution in [1.82, 2.24) is 5.32 Å². The maximum atomic E-state index is 11.9. The fourth-order valence-corrected chi connectivity index (χ4v) is 2.57. The van der Waals surface area contributed by atoms with Crippen molar-refractivity contribution < 1.29 is 4.79 Å². The summed E-state index contributed by atoms with van der Waals surface area (Å²) in [6.45, 7) is 2.05. The molecule has 1 aromatic carbocycles. The molecule has 0 saturated carbocycles. The minimum absolute atomic E-state index is 0.00114. The Morgan fingerprint density at radius 2 is 2.17 bits per heavy atom. The van der Waals surface area contributed by atoms with Crippen LogP contribution in [0.25, 0.3) is 0 Å². The van der Waals surface area contributed by atoms with Crippen LogP contribution in [0.4, 0.5) is 0 Å². The minimum Gasteiger partial charge on any atom is -0.352 e. The Labute approximate surface area is 109 Å². The van der Waals surface area contributed by atoms with Gasteiger partial charge in [-0.2, -0.15) is 0 Å². The number of nitrogens with one attached hydrogen (secondary N) is 1. The van der Waals surface area contributed by atoms with Crippen molar-refractivity contribution in [1.29, 1.82) is 0 Å². The summed E-state index contributed by atoms with van der Waals surface area (Å²) in [7, 11) is 0. The molecule has 1 aliphatic rings. The summed E-state index contributed by atoms with van der Waals surface area (Å²) in [6.07, 6.45) is 4.70. The molecule has 18 heavy (non-hydrogen) atoms. The zero-order valence-electron chi connectivity index (χ0n) is 11.0. The molecule has 3 nitrogen and oxygen atoms in total. The quantitative estimate of drug-likeness (QED) is 0.851. The normalized spacial score (nSPS) is 20.0. The first-order chi connectivity index (χ1) is 8.70. The van der Waals surface area contributed by atoms with E-state index in [4.69, 9.17) is 5.73 Å². The molecule has 1 aliphatic carbocycles. The number of rotatable bonds is 4. The molecule has 0 bridgehead atoms. The van der Waals surface area contributed by atoms with E-state index in [1.807, 2.05) is 6.92 Å².